The first-order chi connectivity index (χ1) is 25.2. The summed E-state index contributed by atoms with van der Waals surface area (Å²) in [7, 11) is 0. The number of hydrogen-bond acceptors (Lipinski definition) is 6. The van der Waals surface area contributed by atoms with Crippen molar-refractivity contribution in [3.8, 4) is 11.1 Å². The van der Waals surface area contributed by atoms with Gasteiger partial charge >= 0.3 is 0 Å². The van der Waals surface area contributed by atoms with Crippen molar-refractivity contribution in [1.82, 2.24) is 10.6 Å². The summed E-state index contributed by atoms with van der Waals surface area (Å²) >= 11 is 1.83. The number of benzene rings is 7. The van der Waals surface area contributed by atoms with Crippen LogP contribution in [0.2, 0.25) is 0 Å². The number of aliphatic imine (C=N–C) groups is 1. The predicted molar refractivity (Wildman–Crippen MR) is 210 cm³/mol. The van der Waals surface area contributed by atoms with E-state index in [9.17, 15) is 0 Å². The van der Waals surface area contributed by atoms with Crippen LogP contribution in [0.4, 0.5) is 0 Å². The van der Waals surface area contributed by atoms with Crippen LogP contribution in [0, 0.1) is 0 Å². The summed E-state index contributed by atoms with van der Waals surface area (Å²) in [5, 5.41) is 14.4. The Morgan fingerprint density at radius 3 is 2.20 bits per heavy atom. The van der Waals surface area contributed by atoms with Crippen LogP contribution < -0.4 is 10.6 Å². The number of rotatable bonds is 4. The lowest BCUT2D eigenvalue weighted by Gasteiger charge is -2.32. The minimum atomic E-state index is -0.253. The van der Waals surface area contributed by atoms with Gasteiger partial charge < -0.3 is 14.2 Å². The Kier molecular flexibility index (Phi) is 6.26. The fraction of sp³-hybridized carbons (Fsp3) is 0.0444. The van der Waals surface area contributed by atoms with Gasteiger partial charge in [-0.3, -0.25) is 5.32 Å². The van der Waals surface area contributed by atoms with Gasteiger partial charge in [0.1, 0.15) is 40.5 Å². The molecule has 0 aliphatic carbocycles. The lowest BCUT2D eigenvalue weighted by molar-refractivity contribution is 0.409. The number of fused-ring (bicyclic) bond motifs is 9. The van der Waals surface area contributed by atoms with E-state index < -0.39 is 0 Å². The fourth-order valence-corrected chi connectivity index (χ4v) is 8.85. The second-order valence-electron chi connectivity index (χ2n) is 13.2. The number of nitrogens with one attached hydrogen (secondary N) is 2. The summed E-state index contributed by atoms with van der Waals surface area (Å²) in [6.07, 6.45) is -0.462. The summed E-state index contributed by atoms with van der Waals surface area (Å²) < 4.78 is 15.6. The number of para-hydroxylation sites is 2. The van der Waals surface area contributed by atoms with Crippen molar-refractivity contribution in [3.05, 3.63) is 168 Å². The number of amidine groups is 1. The highest BCUT2D eigenvalue weighted by Crippen LogP contribution is 2.42. The van der Waals surface area contributed by atoms with Crippen molar-refractivity contribution in [2.45, 2.75) is 12.3 Å². The van der Waals surface area contributed by atoms with Crippen molar-refractivity contribution in [2.75, 3.05) is 0 Å². The zero-order valence-corrected chi connectivity index (χ0v) is 28.1. The van der Waals surface area contributed by atoms with Crippen LogP contribution in [0.25, 0.3) is 75.2 Å². The highest BCUT2D eigenvalue weighted by molar-refractivity contribution is 7.25. The standard InChI is InChI=1S/C45H29N3O2S/c1-2-10-26(11-3-1)43-46-44(27-21-23-40-35(24-27)30-13-5-7-19-39(30)51-40)48-45(47-43)28-20-22-34-38(25-28)49-37-18-9-14-31(41(34)37)33-16-8-15-32-29-12-4-6-17-36(29)50-42(32)33/h1-25,44-45,48H,(H,46,47). The van der Waals surface area contributed by atoms with Crippen molar-refractivity contribution in [3.63, 3.8) is 0 Å². The van der Waals surface area contributed by atoms with Gasteiger partial charge in [0.25, 0.3) is 0 Å². The van der Waals surface area contributed by atoms with E-state index >= 15 is 0 Å². The van der Waals surface area contributed by atoms with E-state index in [1.165, 1.54) is 20.2 Å². The molecule has 1 aliphatic heterocycles. The van der Waals surface area contributed by atoms with Crippen LogP contribution in [0.5, 0.6) is 0 Å². The molecule has 2 unspecified atom stereocenters. The van der Waals surface area contributed by atoms with E-state index in [2.05, 4.69) is 144 Å². The fourth-order valence-electron chi connectivity index (χ4n) is 7.76. The molecule has 0 saturated carbocycles. The molecule has 5 nitrogen and oxygen atoms in total. The summed E-state index contributed by atoms with van der Waals surface area (Å²) in [6, 6.07) is 53.1. The van der Waals surface area contributed by atoms with Gasteiger partial charge in [0, 0.05) is 52.8 Å². The van der Waals surface area contributed by atoms with Gasteiger partial charge in [-0.15, -0.1) is 11.3 Å². The summed E-state index contributed by atoms with van der Waals surface area (Å²) in [5.41, 5.74) is 8.84. The van der Waals surface area contributed by atoms with Crippen LogP contribution in [-0.2, 0) is 0 Å². The Bertz CT molecular complexity index is 3010. The van der Waals surface area contributed by atoms with Crippen LogP contribution >= 0.6 is 11.3 Å². The third-order valence-electron chi connectivity index (χ3n) is 10.2. The van der Waals surface area contributed by atoms with Crippen molar-refractivity contribution < 1.29 is 8.83 Å². The van der Waals surface area contributed by atoms with E-state index in [4.69, 9.17) is 13.8 Å². The smallest absolute Gasteiger partial charge is 0.143 e. The van der Waals surface area contributed by atoms with Gasteiger partial charge in [-0.1, -0.05) is 115 Å². The maximum absolute atomic E-state index is 6.60. The monoisotopic (exact) mass is 675 g/mol. The molecule has 11 rings (SSSR count). The SMILES string of the molecule is c1ccc(C2=NC(c3ccc4sc5ccccc5c4c3)NC(c3ccc4c(c3)oc3cccc(-c5cccc6c5oc5ccccc56)c34)N2)cc1. The maximum atomic E-state index is 6.60. The average molecular weight is 676 g/mol. The molecule has 2 N–H and O–H groups in total. The molecule has 4 heterocycles. The Morgan fingerprint density at radius 1 is 0.510 bits per heavy atom. The molecule has 0 fully saturated rings. The van der Waals surface area contributed by atoms with Gasteiger partial charge in [-0.25, -0.2) is 4.99 Å². The molecular weight excluding hydrogens is 647 g/mol. The van der Waals surface area contributed by atoms with E-state index in [-0.39, 0.29) is 12.3 Å². The van der Waals surface area contributed by atoms with E-state index in [0.717, 1.165) is 77.5 Å². The van der Waals surface area contributed by atoms with Crippen LogP contribution in [0.15, 0.2) is 165 Å². The first kappa shape index (κ1) is 28.6. The Labute approximate surface area is 296 Å². The van der Waals surface area contributed by atoms with Gasteiger partial charge in [0.05, 0.1) is 0 Å². The van der Waals surface area contributed by atoms with E-state index in [1.54, 1.807) is 0 Å². The third-order valence-corrected chi connectivity index (χ3v) is 11.3. The minimum Gasteiger partial charge on any atom is -0.456 e. The molecule has 0 bridgehead atoms. The normalized spacial score (nSPS) is 16.4. The second kappa shape index (κ2) is 11.2. The molecule has 10 aromatic rings. The minimum absolute atomic E-state index is 0.209. The molecule has 2 atom stereocenters. The first-order valence-corrected chi connectivity index (χ1v) is 18.0. The van der Waals surface area contributed by atoms with Gasteiger partial charge in [0.2, 0.25) is 0 Å². The van der Waals surface area contributed by atoms with Crippen LogP contribution in [0.1, 0.15) is 29.0 Å². The topological polar surface area (TPSA) is 62.7 Å². The highest BCUT2D eigenvalue weighted by atomic mass is 32.1. The number of nitrogens with zero attached hydrogens (tertiary/aromatic N) is 1. The molecule has 1 aliphatic rings. The van der Waals surface area contributed by atoms with Gasteiger partial charge in [-0.05, 0) is 53.1 Å². The predicted octanol–water partition coefficient (Wildman–Crippen LogP) is 11.9. The third kappa shape index (κ3) is 4.54. The van der Waals surface area contributed by atoms with Crippen molar-refractivity contribution in [2.24, 2.45) is 4.99 Å². The Morgan fingerprint density at radius 2 is 1.25 bits per heavy atom. The summed E-state index contributed by atoms with van der Waals surface area (Å²) in [6.45, 7) is 0. The second-order valence-corrected chi connectivity index (χ2v) is 14.2. The Hall–Kier alpha value is -6.21. The number of hydrogen-bond donors (Lipinski definition) is 2. The summed E-state index contributed by atoms with van der Waals surface area (Å²) in [4.78, 5) is 5.22. The number of thiophene rings is 1. The van der Waals surface area contributed by atoms with Crippen LogP contribution in [0.3, 0.4) is 0 Å². The largest absolute Gasteiger partial charge is 0.456 e. The molecule has 3 aromatic heterocycles. The average Bonchev–Trinajstić information content (AvgIpc) is 3.88. The molecule has 0 spiro atoms. The molecule has 0 radical (unpaired) electrons. The zero-order chi connectivity index (χ0) is 33.5. The van der Waals surface area contributed by atoms with Gasteiger partial charge in [-0.2, -0.15) is 0 Å². The number of furan rings is 2. The van der Waals surface area contributed by atoms with Crippen molar-refractivity contribution in [1.29, 1.82) is 0 Å². The molecule has 7 aromatic carbocycles. The van der Waals surface area contributed by atoms with Crippen LogP contribution in [-0.4, -0.2) is 5.84 Å². The quantitative estimate of drug-likeness (QED) is 0.195. The van der Waals surface area contributed by atoms with E-state index in [1.807, 2.05) is 29.5 Å². The molecular formula is C45H29N3O2S. The first-order valence-electron chi connectivity index (χ1n) is 17.2. The molecule has 51 heavy (non-hydrogen) atoms. The molecule has 6 heteroatoms. The molecule has 242 valence electrons. The van der Waals surface area contributed by atoms with Gasteiger partial charge in [0.15, 0.2) is 0 Å². The lowest BCUT2D eigenvalue weighted by Crippen LogP contribution is -2.44. The zero-order valence-electron chi connectivity index (χ0n) is 27.3. The molecule has 0 amide bonds. The highest BCUT2D eigenvalue weighted by Gasteiger charge is 2.27. The van der Waals surface area contributed by atoms with E-state index in [0.29, 0.717) is 0 Å². The summed E-state index contributed by atoms with van der Waals surface area (Å²) in [5.74, 6) is 0.852. The molecule has 0 saturated heterocycles. The lowest BCUT2D eigenvalue weighted by atomic mass is 9.97. The maximum Gasteiger partial charge on any atom is 0.143 e. The Balaban J connectivity index is 1.02. The van der Waals surface area contributed by atoms with Crippen molar-refractivity contribution >= 4 is 81.2 Å².